The summed E-state index contributed by atoms with van der Waals surface area (Å²) in [6.45, 7) is 8.28. The number of sulfonamides is 1. The Morgan fingerprint density at radius 1 is 1.07 bits per heavy atom. The molecule has 0 saturated carbocycles. The van der Waals surface area contributed by atoms with Crippen LogP contribution in [-0.2, 0) is 23.5 Å². The van der Waals surface area contributed by atoms with Gasteiger partial charge in [0.15, 0.2) is 11.6 Å². The third kappa shape index (κ3) is 5.80. The van der Waals surface area contributed by atoms with Crippen molar-refractivity contribution in [2.24, 2.45) is 7.05 Å². The molecule has 0 fully saturated rings. The lowest BCUT2D eigenvalue weighted by Gasteiger charge is -2.29. The van der Waals surface area contributed by atoms with Gasteiger partial charge in [0.1, 0.15) is 28.2 Å². The quantitative estimate of drug-likeness (QED) is 0.171. The lowest BCUT2D eigenvalue weighted by Crippen LogP contribution is -2.42. The molecule has 0 aliphatic heterocycles. The maximum absolute atomic E-state index is 14.6. The van der Waals surface area contributed by atoms with E-state index in [4.69, 9.17) is 13.9 Å². The lowest BCUT2D eigenvalue weighted by atomic mass is 10.2. The predicted molar refractivity (Wildman–Crippen MR) is 168 cm³/mol. The number of pyridine rings is 1. The van der Waals surface area contributed by atoms with Gasteiger partial charge in [-0.3, -0.25) is 9.55 Å². The summed E-state index contributed by atoms with van der Waals surface area (Å²) in [5.41, 5.74) is 1.39. The summed E-state index contributed by atoms with van der Waals surface area (Å²) in [5, 5.41) is 7.87. The van der Waals surface area contributed by atoms with Crippen LogP contribution in [0.1, 0.15) is 12.6 Å². The molecule has 12 nitrogen and oxygen atoms in total. The third-order valence-corrected chi connectivity index (χ3v) is 11.2. The van der Waals surface area contributed by atoms with Gasteiger partial charge in [-0.05, 0) is 37.2 Å². The third-order valence-electron chi connectivity index (χ3n) is 7.37. The van der Waals surface area contributed by atoms with Crippen molar-refractivity contribution in [1.29, 1.82) is 0 Å². The smallest absolute Gasteiger partial charge is 0.246 e. The van der Waals surface area contributed by atoms with Crippen LogP contribution in [0, 0.1) is 5.82 Å². The first-order chi connectivity index (χ1) is 20.9. The molecule has 5 rings (SSSR count). The average molecular weight is 642 g/mol. The van der Waals surface area contributed by atoms with Gasteiger partial charge in [0.05, 0.1) is 44.0 Å². The molecule has 0 aliphatic carbocycles. The largest absolute Gasteiger partial charge is 0.494 e. The van der Waals surface area contributed by atoms with E-state index >= 15 is 0 Å². The molecule has 0 N–H and O–H groups in total. The second-order valence-electron chi connectivity index (χ2n) is 11.7. The minimum atomic E-state index is -4.12. The summed E-state index contributed by atoms with van der Waals surface area (Å²) in [5.74, 6) is 1.01. The molecule has 44 heavy (non-hydrogen) atoms. The van der Waals surface area contributed by atoms with Crippen LogP contribution in [0.15, 0.2) is 53.5 Å². The van der Waals surface area contributed by atoms with E-state index in [0.29, 0.717) is 40.2 Å². The normalized spacial score (nSPS) is 12.9. The number of furan rings is 1. The maximum atomic E-state index is 14.6. The zero-order valence-corrected chi connectivity index (χ0v) is 27.6. The number of benzene rings is 1. The van der Waals surface area contributed by atoms with Gasteiger partial charge in [0, 0.05) is 28.1 Å². The molecule has 0 bridgehead atoms. The van der Waals surface area contributed by atoms with Crippen molar-refractivity contribution in [1.82, 2.24) is 29.3 Å². The summed E-state index contributed by atoms with van der Waals surface area (Å²) >= 11 is 0. The number of ether oxygens (including phenoxy) is 2. The van der Waals surface area contributed by atoms with Crippen LogP contribution in [0.2, 0.25) is 25.7 Å². The van der Waals surface area contributed by atoms with Crippen LogP contribution in [0.4, 0.5) is 10.3 Å². The number of hydrogen-bond acceptors (Lipinski definition) is 9. The number of nitrogens with zero attached hydrogens (tertiary/aromatic N) is 7. The first-order valence-electron chi connectivity index (χ1n) is 14.0. The van der Waals surface area contributed by atoms with Gasteiger partial charge in [-0.25, -0.2) is 22.1 Å². The fourth-order valence-corrected chi connectivity index (χ4v) is 7.51. The number of anilines is 1. The van der Waals surface area contributed by atoms with Crippen LogP contribution in [-0.4, -0.2) is 71.8 Å². The van der Waals surface area contributed by atoms with E-state index in [-0.39, 0.29) is 30.3 Å². The van der Waals surface area contributed by atoms with Crippen molar-refractivity contribution in [2.45, 2.75) is 44.3 Å². The Morgan fingerprint density at radius 2 is 1.77 bits per heavy atom. The van der Waals surface area contributed by atoms with Crippen molar-refractivity contribution < 1.29 is 26.7 Å². The van der Waals surface area contributed by atoms with E-state index in [2.05, 4.69) is 39.8 Å². The van der Waals surface area contributed by atoms with Crippen molar-refractivity contribution in [3.05, 3.63) is 60.6 Å². The zero-order chi connectivity index (χ0) is 31.8. The average Bonchev–Trinajstić information content (AvgIpc) is 3.74. The molecular formula is C29H36FN7O5SSi. The standard InChI is InChI=1S/C29H36FN7O5SSi/c1-19(16-21-25-26(20(30)17-31-21)35(2)18-32-25)43(38,39)36(13-15-44(5,6)7)29-34-33-28(24-12-9-14-42-24)37(29)27-22(40-3)10-8-11-23(27)41-4/h8-12,14,17-19H,13,15-16H2,1-7H3/t19-/m0/s1. The summed E-state index contributed by atoms with van der Waals surface area (Å²) in [4.78, 5) is 8.54. The second-order valence-corrected chi connectivity index (χ2v) is 19.6. The number of para-hydroxylation sites is 1. The molecule has 1 atom stereocenters. The van der Waals surface area contributed by atoms with Gasteiger partial charge in [-0.1, -0.05) is 25.7 Å². The molecule has 234 valence electrons. The van der Waals surface area contributed by atoms with E-state index in [1.807, 2.05) is 0 Å². The minimum absolute atomic E-state index is 0.00324. The summed E-state index contributed by atoms with van der Waals surface area (Å²) in [6.07, 6.45) is 4.08. The molecular weight excluding hydrogens is 606 g/mol. The second kappa shape index (κ2) is 12.0. The van der Waals surface area contributed by atoms with E-state index in [1.54, 1.807) is 53.4 Å². The van der Waals surface area contributed by atoms with Crippen LogP contribution >= 0.6 is 0 Å². The zero-order valence-electron chi connectivity index (χ0n) is 25.8. The Hall–Kier alpha value is -4.24. The van der Waals surface area contributed by atoms with Gasteiger partial charge in [0.25, 0.3) is 0 Å². The van der Waals surface area contributed by atoms with Gasteiger partial charge in [-0.15, -0.1) is 10.2 Å². The SMILES string of the molecule is COc1cccc(OC)c1-n1c(-c2ccco2)nnc1N(CC[Si](C)(C)C)S(=O)(=O)[C@@H](C)Cc1ncc(F)c2c1ncn2C. The highest BCUT2D eigenvalue weighted by Gasteiger charge is 2.37. The van der Waals surface area contributed by atoms with Crippen molar-refractivity contribution in [2.75, 3.05) is 25.1 Å². The first-order valence-corrected chi connectivity index (χ1v) is 19.2. The van der Waals surface area contributed by atoms with Gasteiger partial charge in [0.2, 0.25) is 21.8 Å². The Kier molecular flexibility index (Phi) is 8.53. The van der Waals surface area contributed by atoms with Crippen LogP contribution < -0.4 is 13.8 Å². The van der Waals surface area contributed by atoms with Crippen molar-refractivity contribution in [3.63, 3.8) is 0 Å². The fourth-order valence-electron chi connectivity index (χ4n) is 4.96. The minimum Gasteiger partial charge on any atom is -0.494 e. The molecule has 0 unspecified atom stereocenters. The summed E-state index contributed by atoms with van der Waals surface area (Å²) < 4.78 is 65.3. The molecule has 0 saturated heterocycles. The van der Waals surface area contributed by atoms with E-state index < -0.39 is 29.2 Å². The number of hydrogen-bond donors (Lipinski definition) is 0. The van der Waals surface area contributed by atoms with Crippen molar-refractivity contribution >= 4 is 35.1 Å². The number of fused-ring (bicyclic) bond motifs is 1. The number of rotatable bonds is 12. The molecule has 0 aliphatic rings. The predicted octanol–water partition coefficient (Wildman–Crippen LogP) is 5.07. The molecule has 0 spiro atoms. The molecule has 15 heteroatoms. The number of methoxy groups -OCH3 is 2. The molecule has 1 aromatic carbocycles. The topological polar surface area (TPSA) is 130 Å². The number of aromatic nitrogens is 6. The van der Waals surface area contributed by atoms with Crippen LogP contribution in [0.5, 0.6) is 11.5 Å². The Balaban J connectivity index is 1.68. The Labute approximate surface area is 256 Å². The molecule has 5 aromatic rings. The Bertz CT molecular complexity index is 1860. The summed E-state index contributed by atoms with van der Waals surface area (Å²) in [7, 11) is -1.16. The monoisotopic (exact) mass is 641 g/mol. The van der Waals surface area contributed by atoms with Gasteiger partial charge in [-0.2, -0.15) is 0 Å². The first kappa shape index (κ1) is 31.2. The van der Waals surface area contributed by atoms with Crippen LogP contribution in [0.3, 0.4) is 0 Å². The Morgan fingerprint density at radius 3 is 2.39 bits per heavy atom. The van der Waals surface area contributed by atoms with E-state index in [1.165, 1.54) is 31.1 Å². The van der Waals surface area contributed by atoms with Gasteiger partial charge < -0.3 is 18.5 Å². The highest BCUT2D eigenvalue weighted by molar-refractivity contribution is 7.93. The molecule has 0 amide bonds. The van der Waals surface area contributed by atoms with E-state index in [0.717, 1.165) is 6.20 Å². The molecule has 4 heterocycles. The highest BCUT2D eigenvalue weighted by atomic mass is 32.2. The lowest BCUT2D eigenvalue weighted by molar-refractivity contribution is 0.391. The van der Waals surface area contributed by atoms with Crippen LogP contribution in [0.25, 0.3) is 28.3 Å². The highest BCUT2D eigenvalue weighted by Crippen LogP contribution is 2.39. The number of imidazole rings is 1. The number of aryl methyl sites for hydroxylation is 1. The molecule has 4 aromatic heterocycles. The fraction of sp³-hybridized carbons (Fsp3) is 0.379. The van der Waals surface area contributed by atoms with E-state index in [9.17, 15) is 12.8 Å². The number of halogens is 1. The van der Waals surface area contributed by atoms with Gasteiger partial charge >= 0.3 is 0 Å². The summed E-state index contributed by atoms with van der Waals surface area (Å²) in [6, 6.07) is 9.33. The molecule has 0 radical (unpaired) electrons. The maximum Gasteiger partial charge on any atom is 0.246 e. The van der Waals surface area contributed by atoms with Crippen molar-refractivity contribution in [3.8, 4) is 28.8 Å².